The fourth-order valence-electron chi connectivity index (χ4n) is 1.32. The molecule has 80 valence electrons. The first-order chi connectivity index (χ1) is 5.99. The van der Waals surface area contributed by atoms with Gasteiger partial charge in [0.2, 0.25) is 0 Å². The summed E-state index contributed by atoms with van der Waals surface area (Å²) >= 11 is 0. The molecule has 0 saturated carbocycles. The zero-order chi connectivity index (χ0) is 10.4. The average molecular weight is 230 g/mol. The molecule has 0 amide bonds. The van der Waals surface area contributed by atoms with Crippen LogP contribution in [0.2, 0.25) is 0 Å². The van der Waals surface area contributed by atoms with E-state index in [1.807, 2.05) is 13.8 Å². The van der Waals surface area contributed by atoms with Crippen molar-refractivity contribution in [2.75, 3.05) is 0 Å². The van der Waals surface area contributed by atoms with Crippen LogP contribution in [-0.2, 0) is 9.59 Å². The number of rotatable bonds is 6. The molecular weight excluding hydrogens is 212 g/mol. The van der Waals surface area contributed by atoms with Crippen molar-refractivity contribution in [2.24, 2.45) is 11.8 Å². The number of aliphatic carboxylic acids is 2. The van der Waals surface area contributed by atoms with Crippen LogP contribution in [-0.4, -0.2) is 59.9 Å². The Kier molecular flexibility index (Phi) is 10.1. The van der Waals surface area contributed by atoms with Gasteiger partial charge in [-0.3, -0.25) is 9.59 Å². The van der Waals surface area contributed by atoms with Gasteiger partial charge in [-0.05, 0) is 12.3 Å². The van der Waals surface area contributed by atoms with Gasteiger partial charge in [0.1, 0.15) is 0 Å². The molecule has 0 saturated heterocycles. The number of hydrogen-bond donors (Lipinski definition) is 2. The van der Waals surface area contributed by atoms with E-state index >= 15 is 0 Å². The van der Waals surface area contributed by atoms with Crippen molar-refractivity contribution in [2.45, 2.75) is 33.1 Å². The van der Waals surface area contributed by atoms with E-state index in [0.717, 1.165) is 12.8 Å². The van der Waals surface area contributed by atoms with Crippen LogP contribution >= 0.6 is 0 Å². The summed E-state index contributed by atoms with van der Waals surface area (Å²) < 4.78 is 0. The minimum absolute atomic E-state index is 0. The first-order valence-corrected chi connectivity index (χ1v) is 4.44. The average Bonchev–Trinajstić information content (AvgIpc) is 1.99. The summed E-state index contributed by atoms with van der Waals surface area (Å²) in [6.45, 7) is 3.87. The predicted molar refractivity (Wildman–Crippen MR) is 56.0 cm³/mol. The Morgan fingerprint density at radius 3 is 1.93 bits per heavy atom. The molecule has 14 heavy (non-hydrogen) atoms. The Hall–Kier alpha value is 0.200. The molecule has 0 fully saturated rings. The van der Waals surface area contributed by atoms with Crippen LogP contribution in [0.5, 0.6) is 0 Å². The molecule has 0 aliphatic rings. The van der Waals surface area contributed by atoms with Gasteiger partial charge in [0.05, 0.1) is 0 Å². The van der Waals surface area contributed by atoms with Crippen LogP contribution in [0, 0.1) is 11.8 Å². The van der Waals surface area contributed by atoms with E-state index in [4.69, 9.17) is 10.2 Å². The van der Waals surface area contributed by atoms with Crippen molar-refractivity contribution in [3.63, 3.8) is 0 Å². The quantitative estimate of drug-likeness (QED) is 0.520. The molecule has 0 rings (SSSR count). The van der Waals surface area contributed by atoms with Gasteiger partial charge in [-0.1, -0.05) is 26.7 Å². The fraction of sp³-hybridized carbons (Fsp3) is 0.778. The van der Waals surface area contributed by atoms with Crippen LogP contribution in [0.25, 0.3) is 0 Å². The Labute approximate surface area is 114 Å². The molecule has 4 nitrogen and oxygen atoms in total. The van der Waals surface area contributed by atoms with Crippen molar-refractivity contribution in [1.29, 1.82) is 0 Å². The number of carbonyl (C=O) groups is 2. The second-order valence-electron chi connectivity index (χ2n) is 3.36. The Balaban J connectivity index is 0. The summed E-state index contributed by atoms with van der Waals surface area (Å²) in [7, 11) is 0. The van der Waals surface area contributed by atoms with Gasteiger partial charge in [-0.25, -0.2) is 0 Å². The molecule has 5 heteroatoms. The van der Waals surface area contributed by atoms with Gasteiger partial charge in [0, 0.05) is 0 Å². The number of hydrogen-bond acceptors (Lipinski definition) is 2. The molecule has 0 aliphatic carbocycles. The van der Waals surface area contributed by atoms with Crippen LogP contribution in [0.4, 0.5) is 0 Å². The molecule has 0 aromatic carbocycles. The van der Waals surface area contributed by atoms with Gasteiger partial charge < -0.3 is 10.2 Å². The summed E-state index contributed by atoms with van der Waals surface area (Å²) in [6, 6.07) is 0. The molecule has 0 radical (unpaired) electrons. The van der Waals surface area contributed by atoms with E-state index in [-0.39, 0.29) is 50.1 Å². The van der Waals surface area contributed by atoms with Crippen molar-refractivity contribution < 1.29 is 19.8 Å². The molecule has 2 N–H and O–H groups in total. The topological polar surface area (TPSA) is 74.6 Å². The van der Waals surface area contributed by atoms with E-state index < -0.39 is 17.9 Å². The third-order valence-electron chi connectivity index (χ3n) is 2.02. The summed E-state index contributed by atoms with van der Waals surface area (Å²) in [6.07, 6.45) is 2.04. The Bertz CT molecular complexity index is 179. The van der Waals surface area contributed by atoms with Gasteiger partial charge in [-0.2, -0.15) is 0 Å². The first kappa shape index (κ1) is 16.6. The molecular formula is C9H18CaO4. The Morgan fingerprint density at radius 1 is 1.21 bits per heavy atom. The van der Waals surface area contributed by atoms with E-state index in [0.29, 0.717) is 0 Å². The third-order valence-corrected chi connectivity index (χ3v) is 2.02. The zero-order valence-corrected chi connectivity index (χ0v) is 7.99. The predicted octanol–water partition coefficient (Wildman–Crippen LogP) is 0.682. The maximum absolute atomic E-state index is 10.5. The van der Waals surface area contributed by atoms with Crippen molar-refractivity contribution in [1.82, 2.24) is 0 Å². The van der Waals surface area contributed by atoms with Gasteiger partial charge in [-0.15, -0.1) is 0 Å². The van der Waals surface area contributed by atoms with Gasteiger partial charge in [0.15, 0.2) is 5.92 Å². The monoisotopic (exact) mass is 230 g/mol. The van der Waals surface area contributed by atoms with Crippen molar-refractivity contribution >= 4 is 49.7 Å². The van der Waals surface area contributed by atoms with Crippen molar-refractivity contribution in [3.05, 3.63) is 0 Å². The number of carboxylic acid groups (broad SMARTS) is 2. The molecule has 1 unspecified atom stereocenters. The van der Waals surface area contributed by atoms with Crippen LogP contribution in [0.3, 0.4) is 0 Å². The van der Waals surface area contributed by atoms with E-state index in [2.05, 4.69) is 0 Å². The standard InChI is InChI=1S/C9H16O4.Ca.2H/c1-3-4-6(2)5-7(8(10)11)9(12)13;;;/h6-7H,3-5H2,1-2H3,(H,10,11)(H,12,13);;;. The van der Waals surface area contributed by atoms with Crippen LogP contribution in [0.15, 0.2) is 0 Å². The zero-order valence-electron chi connectivity index (χ0n) is 7.99. The maximum atomic E-state index is 10.5. The van der Waals surface area contributed by atoms with Crippen molar-refractivity contribution in [3.8, 4) is 0 Å². The second kappa shape index (κ2) is 8.50. The SMILES string of the molecule is CCCC(C)CC(C(=O)O)C(=O)O.[CaH2]. The summed E-state index contributed by atoms with van der Waals surface area (Å²) in [4.78, 5) is 21.0. The summed E-state index contributed by atoms with van der Waals surface area (Å²) in [5.74, 6) is -3.57. The third kappa shape index (κ3) is 6.62. The molecule has 0 aliphatic heterocycles. The minimum atomic E-state index is -1.25. The number of carboxylic acids is 2. The molecule has 0 aromatic rings. The van der Waals surface area contributed by atoms with E-state index in [1.165, 1.54) is 0 Å². The molecule has 0 heterocycles. The molecule has 1 atom stereocenters. The molecule has 0 aromatic heterocycles. The Morgan fingerprint density at radius 2 is 1.64 bits per heavy atom. The van der Waals surface area contributed by atoms with E-state index in [9.17, 15) is 9.59 Å². The van der Waals surface area contributed by atoms with Gasteiger partial charge in [0.25, 0.3) is 0 Å². The summed E-state index contributed by atoms with van der Waals surface area (Å²) in [5.41, 5.74) is 0. The van der Waals surface area contributed by atoms with Crippen LogP contribution < -0.4 is 0 Å². The molecule has 0 bridgehead atoms. The first-order valence-electron chi connectivity index (χ1n) is 4.44. The van der Waals surface area contributed by atoms with Crippen LogP contribution in [0.1, 0.15) is 33.1 Å². The summed E-state index contributed by atoms with van der Waals surface area (Å²) in [5, 5.41) is 17.2. The van der Waals surface area contributed by atoms with Gasteiger partial charge >= 0.3 is 49.7 Å². The second-order valence-corrected chi connectivity index (χ2v) is 3.36. The van der Waals surface area contributed by atoms with E-state index in [1.54, 1.807) is 0 Å². The molecule has 0 spiro atoms. The normalized spacial score (nSPS) is 11.9. The fourth-order valence-corrected chi connectivity index (χ4v) is 1.32.